The second kappa shape index (κ2) is 6.38. The fraction of sp³-hybridized carbons (Fsp3) is 0.385. The molecule has 98 valence electrons. The number of furan rings is 1. The highest BCUT2D eigenvalue weighted by molar-refractivity contribution is 7.16. The van der Waals surface area contributed by atoms with Crippen LogP contribution in [0.3, 0.4) is 0 Å². The molecule has 0 atom stereocenters. The zero-order chi connectivity index (χ0) is 13.0. The van der Waals surface area contributed by atoms with Gasteiger partial charge in [-0.1, -0.05) is 11.6 Å². The third-order valence-electron chi connectivity index (χ3n) is 2.67. The highest BCUT2D eigenvalue weighted by atomic mass is 35.5. The van der Waals surface area contributed by atoms with Crippen LogP contribution in [-0.4, -0.2) is 19.0 Å². The van der Waals surface area contributed by atoms with Gasteiger partial charge >= 0.3 is 0 Å². The maximum atomic E-state index is 5.93. The summed E-state index contributed by atoms with van der Waals surface area (Å²) in [4.78, 5) is 3.53. The first-order valence-electron chi connectivity index (χ1n) is 5.81. The average molecular weight is 285 g/mol. The second-order valence-corrected chi connectivity index (χ2v) is 6.08. The molecule has 0 aliphatic carbocycles. The molecule has 18 heavy (non-hydrogen) atoms. The molecule has 2 aromatic rings. The van der Waals surface area contributed by atoms with Crippen molar-refractivity contribution in [3.8, 4) is 0 Å². The Balaban J connectivity index is 1.94. The van der Waals surface area contributed by atoms with Gasteiger partial charge < -0.3 is 9.73 Å². The predicted molar refractivity (Wildman–Crippen MR) is 76.0 cm³/mol. The average Bonchev–Trinajstić information content (AvgIpc) is 2.90. The molecule has 2 rings (SSSR count). The van der Waals surface area contributed by atoms with Crippen LogP contribution >= 0.6 is 22.9 Å². The molecule has 0 aromatic carbocycles. The van der Waals surface area contributed by atoms with Gasteiger partial charge in [-0.15, -0.1) is 11.3 Å². The number of nitrogens with one attached hydrogen (secondary N) is 1. The van der Waals surface area contributed by atoms with E-state index in [1.807, 2.05) is 19.2 Å². The largest absolute Gasteiger partial charge is 0.468 e. The van der Waals surface area contributed by atoms with E-state index in [9.17, 15) is 0 Å². The monoisotopic (exact) mass is 284 g/mol. The molecule has 0 spiro atoms. The molecule has 0 aliphatic heterocycles. The Bertz CT molecular complexity index is 495. The van der Waals surface area contributed by atoms with E-state index in [0.29, 0.717) is 0 Å². The van der Waals surface area contributed by atoms with Gasteiger partial charge in [0.2, 0.25) is 0 Å². The van der Waals surface area contributed by atoms with Gasteiger partial charge in [-0.05, 0) is 32.3 Å². The van der Waals surface area contributed by atoms with Crippen molar-refractivity contribution in [2.45, 2.75) is 19.6 Å². The summed E-state index contributed by atoms with van der Waals surface area (Å²) in [5, 5.41) is 3.11. The van der Waals surface area contributed by atoms with E-state index in [4.69, 9.17) is 16.0 Å². The molecule has 1 N–H and O–H groups in total. The smallest absolute Gasteiger partial charge is 0.122 e. The minimum absolute atomic E-state index is 0.765. The van der Waals surface area contributed by atoms with Crippen molar-refractivity contribution in [3.63, 3.8) is 0 Å². The van der Waals surface area contributed by atoms with Gasteiger partial charge in [0.25, 0.3) is 0 Å². The molecule has 0 unspecified atom stereocenters. The van der Waals surface area contributed by atoms with Crippen LogP contribution in [-0.2, 0) is 19.6 Å². The summed E-state index contributed by atoms with van der Waals surface area (Å²) < 4.78 is 6.30. The van der Waals surface area contributed by atoms with Crippen LogP contribution in [0.25, 0.3) is 0 Å². The third kappa shape index (κ3) is 3.59. The molecule has 3 nitrogen and oxygen atoms in total. The third-order valence-corrected chi connectivity index (χ3v) is 3.89. The normalized spacial score (nSPS) is 11.3. The summed E-state index contributed by atoms with van der Waals surface area (Å²) in [5.74, 6) is 1.01. The van der Waals surface area contributed by atoms with Gasteiger partial charge in [0.15, 0.2) is 0 Å². The number of halogens is 1. The maximum Gasteiger partial charge on any atom is 0.122 e. The lowest BCUT2D eigenvalue weighted by atomic mass is 10.2. The molecule has 5 heteroatoms. The van der Waals surface area contributed by atoms with Crippen molar-refractivity contribution < 1.29 is 4.42 Å². The summed E-state index contributed by atoms with van der Waals surface area (Å²) in [6.45, 7) is 2.55. The molecule has 0 saturated carbocycles. The van der Waals surface area contributed by atoms with Crippen molar-refractivity contribution >= 4 is 22.9 Å². The SMILES string of the molecule is CNCc1occc1CN(C)Cc1ccc(Cl)s1. The number of nitrogens with zero attached hydrogens (tertiary/aromatic N) is 1. The zero-order valence-corrected chi connectivity index (χ0v) is 12.1. The molecular weight excluding hydrogens is 268 g/mol. The number of hydrogen-bond donors (Lipinski definition) is 1. The predicted octanol–water partition coefficient (Wildman–Crippen LogP) is 3.35. The first kappa shape index (κ1) is 13.6. The van der Waals surface area contributed by atoms with Gasteiger partial charge in [-0.25, -0.2) is 0 Å². The summed E-state index contributed by atoms with van der Waals surface area (Å²) in [5.41, 5.74) is 1.23. The van der Waals surface area contributed by atoms with Crippen LogP contribution in [0.5, 0.6) is 0 Å². The zero-order valence-electron chi connectivity index (χ0n) is 10.6. The van der Waals surface area contributed by atoms with Crippen molar-refractivity contribution in [2.75, 3.05) is 14.1 Å². The van der Waals surface area contributed by atoms with Crippen molar-refractivity contribution in [2.24, 2.45) is 0 Å². The Labute approximate surface area is 116 Å². The Kier molecular flexibility index (Phi) is 4.83. The van der Waals surface area contributed by atoms with Crippen LogP contribution in [0.1, 0.15) is 16.2 Å². The van der Waals surface area contributed by atoms with E-state index in [-0.39, 0.29) is 0 Å². The number of rotatable bonds is 6. The second-order valence-electron chi connectivity index (χ2n) is 4.28. The Hall–Kier alpha value is -0.810. The molecule has 0 radical (unpaired) electrons. The highest BCUT2D eigenvalue weighted by Crippen LogP contribution is 2.23. The fourth-order valence-electron chi connectivity index (χ4n) is 1.87. The lowest BCUT2D eigenvalue weighted by molar-refractivity contribution is 0.317. The summed E-state index contributed by atoms with van der Waals surface area (Å²) in [6, 6.07) is 6.05. The van der Waals surface area contributed by atoms with Crippen LogP contribution in [0.15, 0.2) is 28.9 Å². The molecule has 0 aliphatic rings. The number of hydrogen-bond acceptors (Lipinski definition) is 4. The number of thiophene rings is 1. The topological polar surface area (TPSA) is 28.4 Å². The minimum atomic E-state index is 0.765. The summed E-state index contributed by atoms with van der Waals surface area (Å²) >= 11 is 7.56. The van der Waals surface area contributed by atoms with Crippen molar-refractivity contribution in [1.29, 1.82) is 0 Å². The summed E-state index contributed by atoms with van der Waals surface area (Å²) in [7, 11) is 4.02. The van der Waals surface area contributed by atoms with Gasteiger partial charge in [0, 0.05) is 23.5 Å². The van der Waals surface area contributed by atoms with Gasteiger partial charge in [0.05, 0.1) is 17.1 Å². The van der Waals surface area contributed by atoms with E-state index in [1.165, 1.54) is 10.4 Å². The van der Waals surface area contributed by atoms with E-state index in [0.717, 1.165) is 29.7 Å². The standard InChI is InChI=1S/C13H17ClN2OS/c1-15-7-12-10(5-6-17-12)8-16(2)9-11-3-4-13(14)18-11/h3-6,15H,7-9H2,1-2H3. The lowest BCUT2D eigenvalue weighted by Crippen LogP contribution is -2.17. The Morgan fingerprint density at radius 3 is 2.83 bits per heavy atom. The maximum absolute atomic E-state index is 5.93. The van der Waals surface area contributed by atoms with Crippen molar-refractivity contribution in [1.82, 2.24) is 10.2 Å². The van der Waals surface area contributed by atoms with E-state index in [2.05, 4.69) is 23.3 Å². The molecule has 2 heterocycles. The van der Waals surface area contributed by atoms with E-state index >= 15 is 0 Å². The minimum Gasteiger partial charge on any atom is -0.468 e. The lowest BCUT2D eigenvalue weighted by Gasteiger charge is -2.15. The Morgan fingerprint density at radius 1 is 1.33 bits per heavy atom. The van der Waals surface area contributed by atoms with Gasteiger partial charge in [0.1, 0.15) is 5.76 Å². The molecule has 0 bridgehead atoms. The van der Waals surface area contributed by atoms with E-state index in [1.54, 1.807) is 17.6 Å². The molecule has 0 amide bonds. The van der Waals surface area contributed by atoms with E-state index < -0.39 is 0 Å². The Morgan fingerprint density at radius 2 is 2.17 bits per heavy atom. The van der Waals surface area contributed by atoms with Crippen LogP contribution in [0, 0.1) is 0 Å². The van der Waals surface area contributed by atoms with Crippen LogP contribution in [0.2, 0.25) is 4.34 Å². The molecule has 2 aromatic heterocycles. The van der Waals surface area contributed by atoms with Crippen LogP contribution in [0.4, 0.5) is 0 Å². The molecular formula is C13H17ClN2OS. The molecule has 0 saturated heterocycles. The highest BCUT2D eigenvalue weighted by Gasteiger charge is 2.09. The van der Waals surface area contributed by atoms with Crippen LogP contribution < -0.4 is 5.32 Å². The fourth-order valence-corrected chi connectivity index (χ4v) is 3.04. The summed E-state index contributed by atoms with van der Waals surface area (Å²) in [6.07, 6.45) is 1.75. The van der Waals surface area contributed by atoms with Gasteiger partial charge in [-0.2, -0.15) is 0 Å². The van der Waals surface area contributed by atoms with Crippen molar-refractivity contribution in [3.05, 3.63) is 45.0 Å². The molecule has 0 fully saturated rings. The first-order valence-corrected chi connectivity index (χ1v) is 7.01. The quantitative estimate of drug-likeness (QED) is 0.882. The first-order chi connectivity index (χ1) is 8.69. The van der Waals surface area contributed by atoms with Gasteiger partial charge in [-0.3, -0.25) is 4.90 Å².